The summed E-state index contributed by atoms with van der Waals surface area (Å²) < 4.78 is 13.4. The smallest absolute Gasteiger partial charge is 0.253 e. The van der Waals surface area contributed by atoms with E-state index < -0.39 is 0 Å². The molecule has 0 atom stereocenters. The van der Waals surface area contributed by atoms with Crippen LogP contribution in [0.5, 0.6) is 11.5 Å². The maximum Gasteiger partial charge on any atom is 0.253 e. The number of aromatic nitrogens is 1. The van der Waals surface area contributed by atoms with Crippen molar-refractivity contribution in [3.63, 3.8) is 0 Å². The summed E-state index contributed by atoms with van der Waals surface area (Å²) >= 11 is 0. The normalized spacial score (nSPS) is 18.4. The van der Waals surface area contributed by atoms with Crippen LogP contribution in [-0.4, -0.2) is 59.8 Å². The maximum atomic E-state index is 12.3. The lowest BCUT2D eigenvalue weighted by Crippen LogP contribution is -2.56. The SMILES string of the molecule is COc1cc(-c2cn(C)c(=O)c(C)c2C)cc(OC)c1CN1CCN(C(C)C)CC12CC2. The van der Waals surface area contributed by atoms with Crippen molar-refractivity contribution in [2.24, 2.45) is 7.05 Å². The zero-order chi connectivity index (χ0) is 23.2. The van der Waals surface area contributed by atoms with Crippen molar-refractivity contribution in [3.8, 4) is 22.6 Å². The third-order valence-electron chi connectivity index (χ3n) is 7.58. The van der Waals surface area contributed by atoms with Gasteiger partial charge in [-0.25, -0.2) is 0 Å². The largest absolute Gasteiger partial charge is 0.496 e. The first-order valence-electron chi connectivity index (χ1n) is 11.6. The van der Waals surface area contributed by atoms with E-state index in [0.717, 1.165) is 65.5 Å². The Balaban J connectivity index is 1.71. The summed E-state index contributed by atoms with van der Waals surface area (Å²) in [6.07, 6.45) is 4.42. The van der Waals surface area contributed by atoms with Crippen LogP contribution in [0, 0.1) is 13.8 Å². The zero-order valence-corrected chi connectivity index (χ0v) is 20.6. The molecule has 0 amide bonds. The molecule has 2 heterocycles. The first-order valence-corrected chi connectivity index (χ1v) is 11.6. The number of hydrogen-bond acceptors (Lipinski definition) is 5. The fourth-order valence-corrected chi connectivity index (χ4v) is 5.10. The molecule has 1 saturated carbocycles. The summed E-state index contributed by atoms with van der Waals surface area (Å²) in [7, 11) is 5.25. The molecular formula is C26H37N3O3. The second-order valence-electron chi connectivity index (χ2n) is 9.78. The quantitative estimate of drug-likeness (QED) is 0.686. The average molecular weight is 440 g/mol. The van der Waals surface area contributed by atoms with Crippen molar-refractivity contribution in [1.29, 1.82) is 0 Å². The lowest BCUT2D eigenvalue weighted by atomic mass is 9.96. The van der Waals surface area contributed by atoms with Crippen molar-refractivity contribution in [2.75, 3.05) is 33.9 Å². The second-order valence-corrected chi connectivity index (χ2v) is 9.78. The number of nitrogens with zero attached hydrogens (tertiary/aromatic N) is 3. The van der Waals surface area contributed by atoms with Crippen LogP contribution in [0.15, 0.2) is 23.1 Å². The van der Waals surface area contributed by atoms with E-state index in [9.17, 15) is 4.79 Å². The highest BCUT2D eigenvalue weighted by Gasteiger charge is 2.51. The molecule has 1 aromatic carbocycles. The molecule has 6 heteroatoms. The van der Waals surface area contributed by atoms with Crippen LogP contribution < -0.4 is 15.0 Å². The molecule has 1 aliphatic carbocycles. The number of aryl methyl sites for hydroxylation is 1. The molecule has 0 N–H and O–H groups in total. The van der Waals surface area contributed by atoms with Crippen molar-refractivity contribution in [2.45, 2.75) is 58.7 Å². The van der Waals surface area contributed by atoms with Gasteiger partial charge in [-0.1, -0.05) is 0 Å². The van der Waals surface area contributed by atoms with E-state index in [1.807, 2.05) is 20.0 Å². The Morgan fingerprint density at radius 3 is 2.19 bits per heavy atom. The average Bonchev–Trinajstić information content (AvgIpc) is 3.55. The topological polar surface area (TPSA) is 46.9 Å². The van der Waals surface area contributed by atoms with Gasteiger partial charge in [-0.2, -0.15) is 0 Å². The Morgan fingerprint density at radius 1 is 1.03 bits per heavy atom. The summed E-state index contributed by atoms with van der Waals surface area (Å²) in [6.45, 7) is 12.6. The van der Waals surface area contributed by atoms with Gasteiger partial charge < -0.3 is 14.0 Å². The molecule has 1 aliphatic heterocycles. The van der Waals surface area contributed by atoms with Crippen LogP contribution in [0.1, 0.15) is 43.4 Å². The zero-order valence-electron chi connectivity index (χ0n) is 20.6. The van der Waals surface area contributed by atoms with Gasteiger partial charge in [0.15, 0.2) is 0 Å². The van der Waals surface area contributed by atoms with Gasteiger partial charge in [0, 0.05) is 62.1 Å². The Morgan fingerprint density at radius 2 is 1.66 bits per heavy atom. The molecular weight excluding hydrogens is 402 g/mol. The fourth-order valence-electron chi connectivity index (χ4n) is 5.10. The van der Waals surface area contributed by atoms with Gasteiger partial charge in [0.05, 0.1) is 19.8 Å². The fraction of sp³-hybridized carbons (Fsp3) is 0.577. The van der Waals surface area contributed by atoms with E-state index in [-0.39, 0.29) is 5.56 Å². The van der Waals surface area contributed by atoms with E-state index in [2.05, 4.69) is 35.8 Å². The van der Waals surface area contributed by atoms with Crippen molar-refractivity contribution in [1.82, 2.24) is 14.4 Å². The Labute approximate surface area is 191 Å². The monoisotopic (exact) mass is 439 g/mol. The van der Waals surface area contributed by atoms with Crippen LogP contribution in [0.2, 0.25) is 0 Å². The summed E-state index contributed by atoms with van der Waals surface area (Å²) in [5.74, 6) is 1.68. The molecule has 0 unspecified atom stereocenters. The Kier molecular flexibility index (Phi) is 6.12. The summed E-state index contributed by atoms with van der Waals surface area (Å²) in [5, 5.41) is 0. The Hall–Kier alpha value is -2.31. The second kappa shape index (κ2) is 8.56. The molecule has 2 fully saturated rings. The first-order chi connectivity index (χ1) is 15.2. The van der Waals surface area contributed by atoms with Crippen LogP contribution in [0.25, 0.3) is 11.1 Å². The molecule has 0 radical (unpaired) electrons. The van der Waals surface area contributed by atoms with E-state index in [1.54, 1.807) is 25.8 Å². The third-order valence-corrected chi connectivity index (χ3v) is 7.58. The molecule has 4 rings (SSSR count). The van der Waals surface area contributed by atoms with Crippen molar-refractivity contribution < 1.29 is 9.47 Å². The molecule has 174 valence electrons. The predicted molar refractivity (Wildman–Crippen MR) is 129 cm³/mol. The molecule has 0 bridgehead atoms. The highest BCUT2D eigenvalue weighted by molar-refractivity contribution is 5.72. The van der Waals surface area contributed by atoms with Gasteiger partial charge in [0.2, 0.25) is 0 Å². The number of methoxy groups -OCH3 is 2. The van der Waals surface area contributed by atoms with Crippen LogP contribution in [-0.2, 0) is 13.6 Å². The molecule has 1 saturated heterocycles. The molecule has 6 nitrogen and oxygen atoms in total. The lowest BCUT2D eigenvalue weighted by Gasteiger charge is -2.44. The minimum Gasteiger partial charge on any atom is -0.496 e. The number of ether oxygens (including phenoxy) is 2. The minimum absolute atomic E-state index is 0.0390. The third kappa shape index (κ3) is 3.95. The van der Waals surface area contributed by atoms with E-state index in [4.69, 9.17) is 9.47 Å². The Bertz CT molecular complexity index is 1040. The van der Waals surface area contributed by atoms with Crippen LogP contribution in [0.3, 0.4) is 0 Å². The standard InChI is InChI=1S/C26H37N3O3/c1-17(2)28-10-11-29(26(16-28)8-9-26)15-22-23(31-6)12-20(13-24(22)32-7)21-14-27(5)25(30)19(4)18(21)3/h12-14,17H,8-11,15-16H2,1-7H3. The molecule has 1 aromatic heterocycles. The minimum atomic E-state index is 0.0390. The van der Waals surface area contributed by atoms with Crippen molar-refractivity contribution in [3.05, 3.63) is 45.4 Å². The van der Waals surface area contributed by atoms with Gasteiger partial charge in [-0.05, 0) is 63.8 Å². The maximum absolute atomic E-state index is 12.3. The van der Waals surface area contributed by atoms with Crippen LogP contribution in [0.4, 0.5) is 0 Å². The first kappa shape index (κ1) is 22.9. The van der Waals surface area contributed by atoms with Gasteiger partial charge >= 0.3 is 0 Å². The summed E-state index contributed by atoms with van der Waals surface area (Å²) in [6, 6.07) is 4.77. The number of pyridine rings is 1. The number of benzene rings is 1. The number of rotatable bonds is 6. The molecule has 1 spiro atoms. The van der Waals surface area contributed by atoms with Gasteiger partial charge in [0.1, 0.15) is 11.5 Å². The van der Waals surface area contributed by atoms with Crippen LogP contribution >= 0.6 is 0 Å². The van der Waals surface area contributed by atoms with E-state index in [1.165, 1.54) is 12.8 Å². The lowest BCUT2D eigenvalue weighted by molar-refractivity contribution is 0.0362. The van der Waals surface area contributed by atoms with Gasteiger partial charge in [-0.15, -0.1) is 0 Å². The van der Waals surface area contributed by atoms with Crippen molar-refractivity contribution >= 4 is 0 Å². The van der Waals surface area contributed by atoms with E-state index in [0.29, 0.717) is 11.6 Å². The van der Waals surface area contributed by atoms with Gasteiger partial charge in [0.25, 0.3) is 5.56 Å². The van der Waals surface area contributed by atoms with E-state index >= 15 is 0 Å². The summed E-state index contributed by atoms with van der Waals surface area (Å²) in [4.78, 5) is 17.6. The molecule has 2 aliphatic rings. The number of hydrogen-bond donors (Lipinski definition) is 0. The predicted octanol–water partition coefficient (Wildman–Crippen LogP) is 3.74. The highest BCUT2D eigenvalue weighted by atomic mass is 16.5. The summed E-state index contributed by atoms with van der Waals surface area (Å²) in [5.41, 5.74) is 5.22. The van der Waals surface area contributed by atoms with Gasteiger partial charge in [-0.3, -0.25) is 14.6 Å². The molecule has 2 aromatic rings. The number of piperazine rings is 1. The highest BCUT2D eigenvalue weighted by Crippen LogP contribution is 2.47. The molecule has 32 heavy (non-hydrogen) atoms.